The van der Waals surface area contributed by atoms with Gasteiger partial charge in [-0.1, -0.05) is 40.5 Å². The van der Waals surface area contributed by atoms with Gasteiger partial charge in [0.25, 0.3) is 0 Å². The smallest absolute Gasteiger partial charge is 0.341 e. The zero-order valence-corrected chi connectivity index (χ0v) is 15.7. The van der Waals surface area contributed by atoms with Gasteiger partial charge in [-0.15, -0.1) is 11.3 Å². The van der Waals surface area contributed by atoms with E-state index in [9.17, 15) is 9.59 Å². The van der Waals surface area contributed by atoms with E-state index in [1.165, 1.54) is 11.3 Å². The topological polar surface area (TPSA) is 55.4 Å². The number of unbranched alkanes of at least 4 members (excludes halogenated alkanes) is 1. The van der Waals surface area contributed by atoms with Crippen molar-refractivity contribution in [2.75, 3.05) is 11.9 Å². The summed E-state index contributed by atoms with van der Waals surface area (Å²) in [6.45, 7) is 10.4. The Morgan fingerprint density at radius 3 is 2.48 bits per heavy atom. The molecule has 0 fully saturated rings. The highest BCUT2D eigenvalue weighted by atomic mass is 32.1. The molecule has 23 heavy (non-hydrogen) atoms. The van der Waals surface area contributed by atoms with Crippen molar-refractivity contribution in [2.45, 2.75) is 66.2 Å². The lowest BCUT2D eigenvalue weighted by Crippen LogP contribution is -2.23. The van der Waals surface area contributed by atoms with Crippen LogP contribution in [-0.2, 0) is 9.53 Å². The van der Waals surface area contributed by atoms with Crippen molar-refractivity contribution >= 4 is 28.2 Å². The van der Waals surface area contributed by atoms with Crippen LogP contribution in [-0.4, -0.2) is 18.5 Å². The standard InChI is InChI=1S/C18H29NO3S/c1-6-9-10-13(7-2)16(20)19-17-14(18(21)22-8-3)11-15(23-17)12(4)5/h11-13H,6-10H2,1-5H3,(H,19,20). The van der Waals surface area contributed by atoms with E-state index in [-0.39, 0.29) is 17.8 Å². The van der Waals surface area contributed by atoms with Gasteiger partial charge in [-0.05, 0) is 31.7 Å². The molecule has 130 valence electrons. The van der Waals surface area contributed by atoms with Gasteiger partial charge < -0.3 is 10.1 Å². The number of carbonyl (C=O) groups excluding carboxylic acids is 2. The number of carbonyl (C=O) groups is 2. The number of esters is 1. The first-order valence-electron chi connectivity index (χ1n) is 8.56. The van der Waals surface area contributed by atoms with Gasteiger partial charge in [-0.25, -0.2) is 4.79 Å². The minimum Gasteiger partial charge on any atom is -0.462 e. The highest BCUT2D eigenvalue weighted by molar-refractivity contribution is 7.16. The van der Waals surface area contributed by atoms with Crippen LogP contribution in [0.25, 0.3) is 0 Å². The lowest BCUT2D eigenvalue weighted by atomic mass is 9.98. The second-order valence-electron chi connectivity index (χ2n) is 6.00. The van der Waals surface area contributed by atoms with Crippen LogP contribution < -0.4 is 5.32 Å². The predicted molar refractivity (Wildman–Crippen MR) is 96.3 cm³/mol. The van der Waals surface area contributed by atoms with Crippen molar-refractivity contribution in [3.8, 4) is 0 Å². The number of rotatable bonds is 9. The molecular weight excluding hydrogens is 310 g/mol. The third kappa shape index (κ3) is 5.65. The monoisotopic (exact) mass is 339 g/mol. The van der Waals surface area contributed by atoms with Gasteiger partial charge in [0.05, 0.1) is 12.2 Å². The highest BCUT2D eigenvalue weighted by Gasteiger charge is 2.23. The van der Waals surface area contributed by atoms with Gasteiger partial charge >= 0.3 is 5.97 Å². The van der Waals surface area contributed by atoms with Crippen LogP contribution in [0.4, 0.5) is 5.00 Å². The Kier molecular flexibility index (Phi) is 8.31. The molecular formula is C18H29NO3S. The van der Waals surface area contributed by atoms with E-state index >= 15 is 0 Å². The number of ether oxygens (including phenoxy) is 1. The number of anilines is 1. The molecule has 4 nitrogen and oxygen atoms in total. The Hall–Kier alpha value is -1.36. The summed E-state index contributed by atoms with van der Waals surface area (Å²) < 4.78 is 5.11. The molecule has 0 aliphatic heterocycles. The first kappa shape index (κ1) is 19.7. The molecule has 0 bridgehead atoms. The molecule has 0 aliphatic rings. The Morgan fingerprint density at radius 2 is 1.96 bits per heavy atom. The molecule has 1 atom stereocenters. The van der Waals surface area contributed by atoms with Crippen LogP contribution in [0.15, 0.2) is 6.07 Å². The minimum atomic E-state index is -0.368. The second-order valence-corrected chi connectivity index (χ2v) is 7.09. The quantitative estimate of drug-likeness (QED) is 0.629. The molecule has 5 heteroatoms. The van der Waals surface area contributed by atoms with E-state index in [1.54, 1.807) is 6.92 Å². The van der Waals surface area contributed by atoms with E-state index in [0.717, 1.165) is 30.6 Å². The van der Waals surface area contributed by atoms with Crippen molar-refractivity contribution in [1.82, 2.24) is 0 Å². The summed E-state index contributed by atoms with van der Waals surface area (Å²) in [6, 6.07) is 1.84. The summed E-state index contributed by atoms with van der Waals surface area (Å²) in [5.41, 5.74) is 0.472. The average molecular weight is 340 g/mol. The molecule has 1 aromatic heterocycles. The van der Waals surface area contributed by atoms with E-state index in [1.807, 2.05) is 13.0 Å². The maximum atomic E-state index is 12.5. The third-order valence-electron chi connectivity index (χ3n) is 3.82. The van der Waals surface area contributed by atoms with Crippen molar-refractivity contribution in [1.29, 1.82) is 0 Å². The largest absolute Gasteiger partial charge is 0.462 e. The molecule has 1 aromatic rings. The van der Waals surface area contributed by atoms with Crippen molar-refractivity contribution in [3.05, 3.63) is 16.5 Å². The molecule has 0 saturated heterocycles. The molecule has 0 radical (unpaired) electrons. The number of hydrogen-bond donors (Lipinski definition) is 1. The number of hydrogen-bond acceptors (Lipinski definition) is 4. The molecule has 1 N–H and O–H groups in total. The van der Waals surface area contributed by atoms with Crippen molar-refractivity contribution < 1.29 is 14.3 Å². The molecule has 1 rings (SSSR count). The fourth-order valence-electron chi connectivity index (χ4n) is 2.33. The third-order valence-corrected chi connectivity index (χ3v) is 5.17. The summed E-state index contributed by atoms with van der Waals surface area (Å²) in [6.07, 6.45) is 3.81. The second kappa shape index (κ2) is 9.71. The number of thiophene rings is 1. The van der Waals surface area contributed by atoms with E-state index < -0.39 is 0 Å². The van der Waals surface area contributed by atoms with Gasteiger partial charge in [0.1, 0.15) is 5.00 Å². The summed E-state index contributed by atoms with van der Waals surface area (Å²) in [4.78, 5) is 25.7. The average Bonchev–Trinajstić information content (AvgIpc) is 2.92. The van der Waals surface area contributed by atoms with E-state index in [4.69, 9.17) is 4.74 Å². The van der Waals surface area contributed by atoms with E-state index in [2.05, 4.69) is 26.1 Å². The number of nitrogens with one attached hydrogen (secondary N) is 1. The zero-order valence-electron chi connectivity index (χ0n) is 14.9. The highest BCUT2D eigenvalue weighted by Crippen LogP contribution is 2.34. The molecule has 1 unspecified atom stereocenters. The fourth-order valence-corrected chi connectivity index (χ4v) is 3.39. The molecule has 0 aliphatic carbocycles. The van der Waals surface area contributed by atoms with Crippen LogP contribution in [0.1, 0.15) is 81.5 Å². The normalized spacial score (nSPS) is 12.3. The van der Waals surface area contributed by atoms with Gasteiger partial charge in [-0.3, -0.25) is 4.79 Å². The van der Waals surface area contributed by atoms with Gasteiger partial charge in [0, 0.05) is 10.8 Å². The van der Waals surface area contributed by atoms with Crippen LogP contribution in [0.2, 0.25) is 0 Å². The van der Waals surface area contributed by atoms with Crippen LogP contribution in [0.3, 0.4) is 0 Å². The van der Waals surface area contributed by atoms with Gasteiger partial charge in [0.15, 0.2) is 0 Å². The first-order chi connectivity index (χ1) is 10.9. The predicted octanol–water partition coefficient (Wildman–Crippen LogP) is 5.20. The van der Waals surface area contributed by atoms with E-state index in [0.29, 0.717) is 23.1 Å². The zero-order chi connectivity index (χ0) is 17.4. The van der Waals surface area contributed by atoms with Gasteiger partial charge in [-0.2, -0.15) is 0 Å². The first-order valence-corrected chi connectivity index (χ1v) is 9.37. The fraction of sp³-hybridized carbons (Fsp3) is 0.667. The Morgan fingerprint density at radius 1 is 1.26 bits per heavy atom. The number of amides is 1. The molecule has 1 heterocycles. The Bertz CT molecular complexity index is 522. The van der Waals surface area contributed by atoms with Crippen LogP contribution >= 0.6 is 11.3 Å². The maximum absolute atomic E-state index is 12.5. The minimum absolute atomic E-state index is 0.00338. The summed E-state index contributed by atoms with van der Waals surface area (Å²) >= 11 is 1.47. The molecule has 0 aromatic carbocycles. The van der Waals surface area contributed by atoms with Crippen LogP contribution in [0.5, 0.6) is 0 Å². The SMILES string of the molecule is CCCCC(CC)C(=O)Nc1sc(C(C)C)cc1C(=O)OCC. The maximum Gasteiger partial charge on any atom is 0.341 e. The summed E-state index contributed by atoms with van der Waals surface area (Å²) in [5.74, 6) is -0.0632. The lowest BCUT2D eigenvalue weighted by Gasteiger charge is -2.14. The Labute approximate surface area is 143 Å². The molecule has 0 spiro atoms. The summed E-state index contributed by atoms with van der Waals surface area (Å²) in [7, 11) is 0. The van der Waals surface area contributed by atoms with Crippen molar-refractivity contribution in [2.24, 2.45) is 5.92 Å². The lowest BCUT2D eigenvalue weighted by molar-refractivity contribution is -0.120. The van der Waals surface area contributed by atoms with Gasteiger partial charge in [0.2, 0.25) is 5.91 Å². The Balaban J connectivity index is 2.96. The van der Waals surface area contributed by atoms with Crippen LogP contribution in [0, 0.1) is 5.92 Å². The molecule has 1 amide bonds. The molecule has 0 saturated carbocycles. The summed E-state index contributed by atoms with van der Waals surface area (Å²) in [5, 5.41) is 3.58. The van der Waals surface area contributed by atoms with Crippen molar-refractivity contribution in [3.63, 3.8) is 0 Å².